The van der Waals surface area contributed by atoms with Gasteiger partial charge in [0.2, 0.25) is 11.7 Å². The topological polar surface area (TPSA) is 77.3 Å². The summed E-state index contributed by atoms with van der Waals surface area (Å²) < 4.78 is 11.0. The van der Waals surface area contributed by atoms with Crippen LogP contribution in [0.1, 0.15) is 21.8 Å². The largest absolute Gasteiger partial charge is 0.489 e. The fraction of sp³-hybridized carbons (Fsp3) is 0.0870. The predicted octanol–water partition coefficient (Wildman–Crippen LogP) is 5.55. The Hall–Kier alpha value is -3.35. The molecule has 0 unspecified atom stereocenters. The van der Waals surface area contributed by atoms with Gasteiger partial charge in [0, 0.05) is 26.7 Å². The van der Waals surface area contributed by atoms with Crippen LogP contribution in [0, 0.1) is 0 Å². The third-order valence-electron chi connectivity index (χ3n) is 4.40. The van der Waals surface area contributed by atoms with E-state index in [-0.39, 0.29) is 18.3 Å². The quantitative estimate of drug-likeness (QED) is 0.396. The van der Waals surface area contributed by atoms with Gasteiger partial charge >= 0.3 is 0 Å². The number of aromatic nitrogens is 2. The van der Waals surface area contributed by atoms with E-state index in [9.17, 15) is 4.79 Å². The minimum atomic E-state index is -0.286. The molecule has 0 aliphatic carbocycles. The molecule has 0 saturated carbocycles. The number of amides is 1. The minimum Gasteiger partial charge on any atom is -0.489 e. The molecular weight excluding hydrogens is 437 g/mol. The number of hydrogen-bond acceptors (Lipinski definition) is 5. The number of benzene rings is 3. The van der Waals surface area contributed by atoms with Gasteiger partial charge in [-0.3, -0.25) is 4.79 Å². The van der Waals surface area contributed by atoms with Crippen molar-refractivity contribution in [1.82, 2.24) is 15.5 Å². The molecule has 0 radical (unpaired) electrons. The number of hydrogen-bond donors (Lipinski definition) is 1. The first-order valence-electron chi connectivity index (χ1n) is 9.41. The van der Waals surface area contributed by atoms with Crippen LogP contribution in [0.5, 0.6) is 5.75 Å². The zero-order chi connectivity index (χ0) is 21.6. The van der Waals surface area contributed by atoms with Crippen molar-refractivity contribution in [3.8, 4) is 17.1 Å². The van der Waals surface area contributed by atoms with E-state index in [1.54, 1.807) is 48.5 Å². The third-order valence-corrected chi connectivity index (χ3v) is 5.00. The summed E-state index contributed by atoms with van der Waals surface area (Å²) in [7, 11) is 0. The van der Waals surface area contributed by atoms with Crippen molar-refractivity contribution in [1.29, 1.82) is 0 Å². The predicted molar refractivity (Wildman–Crippen MR) is 118 cm³/mol. The van der Waals surface area contributed by atoms with Crippen LogP contribution in [0.25, 0.3) is 11.4 Å². The third kappa shape index (κ3) is 5.42. The van der Waals surface area contributed by atoms with Gasteiger partial charge in [0.05, 0.1) is 6.54 Å². The van der Waals surface area contributed by atoms with E-state index < -0.39 is 0 Å². The zero-order valence-corrected chi connectivity index (χ0v) is 17.7. The van der Waals surface area contributed by atoms with Crippen LogP contribution in [-0.4, -0.2) is 16.0 Å². The number of carbonyl (C=O) groups is 1. The molecule has 1 N–H and O–H groups in total. The Morgan fingerprint density at radius 1 is 1.00 bits per heavy atom. The molecule has 0 aliphatic rings. The minimum absolute atomic E-state index is 0.0944. The van der Waals surface area contributed by atoms with Crippen molar-refractivity contribution in [2.24, 2.45) is 0 Å². The number of nitrogens with zero attached hydrogens (tertiary/aromatic N) is 2. The lowest BCUT2D eigenvalue weighted by Gasteiger charge is -2.09. The van der Waals surface area contributed by atoms with E-state index in [1.807, 2.05) is 24.3 Å². The fourth-order valence-corrected chi connectivity index (χ4v) is 3.21. The summed E-state index contributed by atoms with van der Waals surface area (Å²) in [5, 5.41) is 7.90. The summed E-state index contributed by atoms with van der Waals surface area (Å²) in [6.07, 6.45) is 0. The molecule has 0 bridgehead atoms. The number of nitrogens with one attached hydrogen (secondary N) is 1. The van der Waals surface area contributed by atoms with Gasteiger partial charge in [0.1, 0.15) is 12.4 Å². The van der Waals surface area contributed by atoms with Gasteiger partial charge < -0.3 is 14.6 Å². The van der Waals surface area contributed by atoms with E-state index in [2.05, 4.69) is 15.5 Å². The van der Waals surface area contributed by atoms with Crippen LogP contribution >= 0.6 is 23.2 Å². The molecule has 8 heteroatoms. The molecule has 3 aromatic carbocycles. The molecule has 1 aromatic heterocycles. The summed E-state index contributed by atoms with van der Waals surface area (Å²) in [5.41, 5.74) is 2.05. The summed E-state index contributed by atoms with van der Waals surface area (Å²) in [6.45, 7) is 0.399. The van der Waals surface area contributed by atoms with Gasteiger partial charge in [-0.2, -0.15) is 4.98 Å². The second-order valence-corrected chi connectivity index (χ2v) is 7.46. The average molecular weight is 454 g/mol. The van der Waals surface area contributed by atoms with Crippen molar-refractivity contribution in [3.63, 3.8) is 0 Å². The van der Waals surface area contributed by atoms with Crippen LogP contribution in [0.2, 0.25) is 10.0 Å². The van der Waals surface area contributed by atoms with E-state index in [0.29, 0.717) is 33.8 Å². The molecule has 31 heavy (non-hydrogen) atoms. The van der Waals surface area contributed by atoms with Crippen LogP contribution in [0.4, 0.5) is 0 Å². The molecule has 0 atom stereocenters. The van der Waals surface area contributed by atoms with E-state index in [4.69, 9.17) is 32.5 Å². The Morgan fingerprint density at radius 2 is 1.84 bits per heavy atom. The maximum atomic E-state index is 12.5. The molecule has 0 fully saturated rings. The monoisotopic (exact) mass is 453 g/mol. The lowest BCUT2D eigenvalue weighted by Crippen LogP contribution is -2.22. The Bertz CT molecular complexity index is 1210. The first-order valence-corrected chi connectivity index (χ1v) is 10.2. The summed E-state index contributed by atoms with van der Waals surface area (Å²) >= 11 is 12.1. The van der Waals surface area contributed by atoms with Crippen LogP contribution in [-0.2, 0) is 13.2 Å². The molecule has 0 aliphatic heterocycles. The van der Waals surface area contributed by atoms with Gasteiger partial charge in [-0.1, -0.05) is 64.8 Å². The highest BCUT2D eigenvalue weighted by atomic mass is 35.5. The number of rotatable bonds is 7. The highest BCUT2D eigenvalue weighted by molar-refractivity contribution is 6.31. The van der Waals surface area contributed by atoms with Gasteiger partial charge in [0.25, 0.3) is 5.91 Å². The van der Waals surface area contributed by atoms with E-state index in [0.717, 1.165) is 11.1 Å². The standard InChI is InChI=1S/C23H17Cl2N3O3/c24-18-8-3-6-15(11-18)22-27-21(31-28-22)13-26-23(29)16-7-4-9-19(12-16)30-14-17-5-1-2-10-20(17)25/h1-12H,13-14H2,(H,26,29). The average Bonchev–Trinajstić information content (AvgIpc) is 3.26. The Balaban J connectivity index is 1.36. The molecule has 1 heterocycles. The zero-order valence-electron chi connectivity index (χ0n) is 16.2. The van der Waals surface area contributed by atoms with Crippen LogP contribution in [0.3, 0.4) is 0 Å². The van der Waals surface area contributed by atoms with E-state index >= 15 is 0 Å². The van der Waals surface area contributed by atoms with Crippen molar-refractivity contribution in [2.45, 2.75) is 13.2 Å². The normalized spacial score (nSPS) is 10.6. The second kappa shape index (κ2) is 9.64. The van der Waals surface area contributed by atoms with Crippen molar-refractivity contribution in [3.05, 3.63) is 99.9 Å². The summed E-state index contributed by atoms with van der Waals surface area (Å²) in [5.74, 6) is 0.968. The number of ether oxygens (including phenoxy) is 1. The molecular formula is C23H17Cl2N3O3. The summed E-state index contributed by atoms with van der Waals surface area (Å²) in [4.78, 5) is 16.8. The first-order chi connectivity index (χ1) is 15.1. The molecule has 156 valence electrons. The van der Waals surface area contributed by atoms with Crippen molar-refractivity contribution >= 4 is 29.1 Å². The molecule has 4 rings (SSSR count). The van der Waals surface area contributed by atoms with Gasteiger partial charge in [-0.25, -0.2) is 0 Å². The maximum Gasteiger partial charge on any atom is 0.251 e. The van der Waals surface area contributed by atoms with Crippen LogP contribution in [0.15, 0.2) is 77.3 Å². The fourth-order valence-electron chi connectivity index (χ4n) is 2.83. The Kier molecular flexibility index (Phi) is 6.50. The lowest BCUT2D eigenvalue weighted by molar-refractivity contribution is 0.0945. The number of carbonyl (C=O) groups excluding carboxylic acids is 1. The van der Waals surface area contributed by atoms with Crippen molar-refractivity contribution < 1.29 is 14.1 Å². The first kappa shape index (κ1) is 20.9. The Labute approximate surface area is 188 Å². The molecule has 0 spiro atoms. The van der Waals surface area contributed by atoms with Gasteiger partial charge in [-0.05, 0) is 36.4 Å². The molecule has 6 nitrogen and oxygen atoms in total. The second-order valence-electron chi connectivity index (χ2n) is 6.61. The highest BCUT2D eigenvalue weighted by Gasteiger charge is 2.12. The SMILES string of the molecule is O=C(NCc1nc(-c2cccc(Cl)c2)no1)c1cccc(OCc2ccccc2Cl)c1. The molecule has 0 saturated heterocycles. The van der Waals surface area contributed by atoms with Gasteiger partial charge in [-0.15, -0.1) is 0 Å². The molecule has 4 aromatic rings. The maximum absolute atomic E-state index is 12.5. The lowest BCUT2D eigenvalue weighted by atomic mass is 10.2. The highest BCUT2D eigenvalue weighted by Crippen LogP contribution is 2.21. The van der Waals surface area contributed by atoms with Crippen LogP contribution < -0.4 is 10.1 Å². The Morgan fingerprint density at radius 3 is 2.68 bits per heavy atom. The smallest absolute Gasteiger partial charge is 0.251 e. The summed E-state index contributed by atoms with van der Waals surface area (Å²) in [6, 6.07) is 21.5. The van der Waals surface area contributed by atoms with Crippen molar-refractivity contribution in [2.75, 3.05) is 0 Å². The number of halogens is 2. The van der Waals surface area contributed by atoms with Gasteiger partial charge in [0.15, 0.2) is 0 Å². The van der Waals surface area contributed by atoms with E-state index in [1.165, 1.54) is 0 Å². The molecule has 1 amide bonds.